The maximum atomic E-state index is 9.15. The largest absolute Gasteiger partial charge is 0.301 e. The molecule has 0 aliphatic carbocycles. The van der Waals surface area contributed by atoms with Crippen LogP contribution in [0.25, 0.3) is 0 Å². The van der Waals surface area contributed by atoms with Crippen LogP contribution >= 0.6 is 0 Å². The van der Waals surface area contributed by atoms with E-state index in [-0.39, 0.29) is 6.04 Å². The van der Waals surface area contributed by atoms with Crippen molar-refractivity contribution in [3.8, 4) is 6.07 Å². The topological polar surface area (TPSA) is 39.1 Å². The van der Waals surface area contributed by atoms with Gasteiger partial charge in [0.2, 0.25) is 0 Å². The minimum atomic E-state index is 0.000509. The molecule has 0 radical (unpaired) electrons. The van der Waals surface area contributed by atoms with Crippen LogP contribution in [0.15, 0.2) is 0 Å². The Morgan fingerprint density at radius 3 is 2.72 bits per heavy atom. The molecular weight excluding hydrogens is 222 g/mol. The molecule has 1 saturated heterocycles. The first-order valence-electron chi connectivity index (χ1n) is 7.52. The Morgan fingerprint density at radius 2 is 2.11 bits per heavy atom. The van der Waals surface area contributed by atoms with Crippen LogP contribution in [-0.4, -0.2) is 37.1 Å². The zero-order chi connectivity index (χ0) is 13.4. The van der Waals surface area contributed by atoms with Crippen LogP contribution in [0, 0.1) is 23.2 Å². The van der Waals surface area contributed by atoms with Crippen molar-refractivity contribution in [1.29, 1.82) is 5.26 Å². The summed E-state index contributed by atoms with van der Waals surface area (Å²) in [4.78, 5) is 2.47. The van der Waals surface area contributed by atoms with Crippen LogP contribution in [0.5, 0.6) is 0 Å². The molecule has 0 amide bonds. The van der Waals surface area contributed by atoms with Crippen LogP contribution in [-0.2, 0) is 0 Å². The van der Waals surface area contributed by atoms with Crippen molar-refractivity contribution < 1.29 is 0 Å². The number of nitriles is 1. The van der Waals surface area contributed by atoms with Gasteiger partial charge in [-0.2, -0.15) is 5.26 Å². The molecule has 3 nitrogen and oxygen atoms in total. The molecule has 2 unspecified atom stereocenters. The van der Waals surface area contributed by atoms with Crippen LogP contribution in [0.4, 0.5) is 0 Å². The zero-order valence-electron chi connectivity index (χ0n) is 12.3. The fraction of sp³-hybridized carbons (Fsp3) is 0.933. The summed E-state index contributed by atoms with van der Waals surface area (Å²) < 4.78 is 0. The summed E-state index contributed by atoms with van der Waals surface area (Å²) in [5.41, 5.74) is 0. The number of likely N-dealkylation sites (tertiary alicyclic amines) is 1. The molecule has 0 bridgehead atoms. The maximum absolute atomic E-state index is 9.15. The Morgan fingerprint density at radius 1 is 1.33 bits per heavy atom. The minimum Gasteiger partial charge on any atom is -0.301 e. The van der Waals surface area contributed by atoms with E-state index in [9.17, 15) is 0 Å². The first-order chi connectivity index (χ1) is 8.67. The summed E-state index contributed by atoms with van der Waals surface area (Å²) in [6, 6.07) is 2.39. The second kappa shape index (κ2) is 8.50. The minimum absolute atomic E-state index is 0.000509. The average Bonchev–Trinajstić information content (AvgIpc) is 2.59. The molecule has 104 valence electrons. The molecule has 1 rings (SSSR count). The Bertz CT molecular complexity index is 257. The summed E-state index contributed by atoms with van der Waals surface area (Å²) in [5.74, 6) is 1.68. The molecule has 1 fully saturated rings. The lowest BCUT2D eigenvalue weighted by molar-refractivity contribution is 0.257. The monoisotopic (exact) mass is 251 g/mol. The average molecular weight is 251 g/mol. The fourth-order valence-corrected chi connectivity index (χ4v) is 2.76. The number of nitrogens with one attached hydrogen (secondary N) is 1. The van der Waals surface area contributed by atoms with Gasteiger partial charge in [-0.1, -0.05) is 20.8 Å². The third-order valence-corrected chi connectivity index (χ3v) is 4.05. The highest BCUT2D eigenvalue weighted by atomic mass is 15.1. The van der Waals surface area contributed by atoms with Crippen molar-refractivity contribution in [3.63, 3.8) is 0 Å². The van der Waals surface area contributed by atoms with E-state index >= 15 is 0 Å². The van der Waals surface area contributed by atoms with Crippen LogP contribution < -0.4 is 5.32 Å². The molecule has 1 N–H and O–H groups in total. The van der Waals surface area contributed by atoms with Gasteiger partial charge >= 0.3 is 0 Å². The van der Waals surface area contributed by atoms with Crippen LogP contribution in [0.1, 0.15) is 46.5 Å². The first kappa shape index (κ1) is 15.5. The van der Waals surface area contributed by atoms with Gasteiger partial charge in [0.25, 0.3) is 0 Å². The quantitative estimate of drug-likeness (QED) is 0.789. The Labute approximate surface area is 113 Å². The molecular formula is C15H29N3. The van der Waals surface area contributed by atoms with Gasteiger partial charge in [-0.15, -0.1) is 0 Å². The summed E-state index contributed by atoms with van der Waals surface area (Å²) >= 11 is 0. The zero-order valence-corrected chi connectivity index (χ0v) is 12.3. The fourth-order valence-electron chi connectivity index (χ4n) is 2.76. The van der Waals surface area contributed by atoms with E-state index in [1.165, 1.54) is 19.3 Å². The SMILES string of the molecule is CCCNC(C#N)CN1CCCC(C(C)C)CC1. The van der Waals surface area contributed by atoms with Crippen molar-refractivity contribution in [2.45, 2.75) is 52.5 Å². The summed E-state index contributed by atoms with van der Waals surface area (Å²) in [7, 11) is 0. The van der Waals surface area contributed by atoms with Crippen molar-refractivity contribution in [1.82, 2.24) is 10.2 Å². The lowest BCUT2D eigenvalue weighted by Crippen LogP contribution is -2.41. The van der Waals surface area contributed by atoms with Gasteiger partial charge in [-0.25, -0.2) is 0 Å². The molecule has 18 heavy (non-hydrogen) atoms. The van der Waals surface area contributed by atoms with E-state index in [2.05, 4.69) is 37.1 Å². The molecule has 2 atom stereocenters. The lowest BCUT2D eigenvalue weighted by Gasteiger charge is -2.23. The molecule has 1 heterocycles. The standard InChI is InChI=1S/C15H29N3/c1-4-8-17-15(11-16)12-18-9-5-6-14(7-10-18)13(2)3/h13-15,17H,4-10,12H2,1-3H3. The number of hydrogen-bond donors (Lipinski definition) is 1. The molecule has 0 aromatic rings. The maximum Gasteiger partial charge on any atom is 0.108 e. The molecule has 1 aliphatic rings. The second-order valence-corrected chi connectivity index (χ2v) is 5.87. The first-order valence-corrected chi connectivity index (χ1v) is 7.52. The smallest absolute Gasteiger partial charge is 0.108 e. The van der Waals surface area contributed by atoms with Crippen LogP contribution in [0.2, 0.25) is 0 Å². The van der Waals surface area contributed by atoms with Gasteiger partial charge in [0.1, 0.15) is 6.04 Å². The van der Waals surface area contributed by atoms with Crippen molar-refractivity contribution in [2.24, 2.45) is 11.8 Å². The molecule has 0 aromatic heterocycles. The van der Waals surface area contributed by atoms with Gasteiger partial charge in [0, 0.05) is 6.54 Å². The van der Waals surface area contributed by atoms with Crippen molar-refractivity contribution in [2.75, 3.05) is 26.2 Å². The van der Waals surface area contributed by atoms with Gasteiger partial charge in [0.15, 0.2) is 0 Å². The predicted molar refractivity (Wildman–Crippen MR) is 76.3 cm³/mol. The Kier molecular flexibility index (Phi) is 7.31. The number of hydrogen-bond acceptors (Lipinski definition) is 3. The summed E-state index contributed by atoms with van der Waals surface area (Å²) in [5, 5.41) is 12.5. The van der Waals surface area contributed by atoms with E-state index in [4.69, 9.17) is 5.26 Å². The van der Waals surface area contributed by atoms with Gasteiger partial charge in [0.05, 0.1) is 6.07 Å². The van der Waals surface area contributed by atoms with Gasteiger partial charge in [-0.05, 0) is 57.2 Å². The molecule has 1 aliphatic heterocycles. The lowest BCUT2D eigenvalue weighted by atomic mass is 9.89. The predicted octanol–water partition coefficient (Wildman–Crippen LogP) is 2.64. The van der Waals surface area contributed by atoms with Crippen molar-refractivity contribution in [3.05, 3.63) is 0 Å². The van der Waals surface area contributed by atoms with E-state index in [1.807, 2.05) is 0 Å². The van der Waals surface area contributed by atoms with E-state index < -0.39 is 0 Å². The highest BCUT2D eigenvalue weighted by molar-refractivity contribution is 4.92. The van der Waals surface area contributed by atoms with Gasteiger partial charge in [-0.3, -0.25) is 0 Å². The number of rotatable bonds is 6. The Balaban J connectivity index is 2.36. The van der Waals surface area contributed by atoms with Crippen molar-refractivity contribution >= 4 is 0 Å². The second-order valence-electron chi connectivity index (χ2n) is 5.87. The molecule has 0 spiro atoms. The normalized spacial score (nSPS) is 23.6. The van der Waals surface area contributed by atoms with E-state index in [0.29, 0.717) is 0 Å². The highest BCUT2D eigenvalue weighted by Gasteiger charge is 2.21. The van der Waals surface area contributed by atoms with E-state index in [1.54, 1.807) is 0 Å². The molecule has 0 aromatic carbocycles. The Hall–Kier alpha value is -0.590. The van der Waals surface area contributed by atoms with Gasteiger partial charge < -0.3 is 10.2 Å². The number of nitrogens with zero attached hydrogens (tertiary/aromatic N) is 2. The third kappa shape index (κ3) is 5.37. The summed E-state index contributed by atoms with van der Waals surface area (Å²) in [6.45, 7) is 11.0. The highest BCUT2D eigenvalue weighted by Crippen LogP contribution is 2.24. The summed E-state index contributed by atoms with van der Waals surface area (Å²) in [6.07, 6.45) is 5.03. The third-order valence-electron chi connectivity index (χ3n) is 4.05. The molecule has 0 saturated carbocycles. The van der Waals surface area contributed by atoms with Crippen LogP contribution in [0.3, 0.4) is 0 Å². The molecule has 3 heteroatoms. The van der Waals surface area contributed by atoms with E-state index in [0.717, 1.165) is 44.4 Å².